The first-order chi connectivity index (χ1) is 6.79. The van der Waals surface area contributed by atoms with E-state index in [1.165, 1.54) is 25.7 Å². The summed E-state index contributed by atoms with van der Waals surface area (Å²) in [6, 6.07) is 0.829. The summed E-state index contributed by atoms with van der Waals surface area (Å²) in [5.41, 5.74) is 5.59. The van der Waals surface area contributed by atoms with Gasteiger partial charge in [0.05, 0.1) is 12.2 Å². The Hall–Kier alpha value is -0.120. The summed E-state index contributed by atoms with van der Waals surface area (Å²) in [7, 11) is 2.23. The van der Waals surface area contributed by atoms with E-state index in [4.69, 9.17) is 10.5 Å². The van der Waals surface area contributed by atoms with Crippen LogP contribution in [0.15, 0.2) is 0 Å². The minimum atomic E-state index is 0.329. The highest BCUT2D eigenvalue weighted by Crippen LogP contribution is 2.26. The molecule has 0 spiro atoms. The van der Waals surface area contributed by atoms with E-state index in [2.05, 4.69) is 11.9 Å². The molecule has 1 saturated carbocycles. The molecule has 0 amide bonds. The number of hydrogen-bond acceptors (Lipinski definition) is 3. The van der Waals surface area contributed by atoms with Crippen LogP contribution in [0.3, 0.4) is 0 Å². The van der Waals surface area contributed by atoms with Gasteiger partial charge in [0.2, 0.25) is 0 Å². The Morgan fingerprint density at radius 2 is 1.93 bits per heavy atom. The Bertz CT molecular complexity index is 182. The van der Waals surface area contributed by atoms with Gasteiger partial charge in [0.1, 0.15) is 0 Å². The van der Waals surface area contributed by atoms with Gasteiger partial charge in [0, 0.05) is 19.1 Å². The first-order valence-corrected chi connectivity index (χ1v) is 5.85. The van der Waals surface area contributed by atoms with Gasteiger partial charge < -0.3 is 15.4 Å². The lowest BCUT2D eigenvalue weighted by atomic mass is 9.91. The van der Waals surface area contributed by atoms with Crippen LogP contribution < -0.4 is 5.73 Å². The quantitative estimate of drug-likeness (QED) is 0.731. The highest BCUT2D eigenvalue weighted by Gasteiger charge is 2.28. The molecule has 14 heavy (non-hydrogen) atoms. The molecule has 2 N–H and O–H groups in total. The summed E-state index contributed by atoms with van der Waals surface area (Å²) in [4.78, 5) is 2.47. The summed E-state index contributed by atoms with van der Waals surface area (Å²) < 4.78 is 5.83. The predicted octanol–water partition coefficient (Wildman–Crippen LogP) is 0.977. The van der Waals surface area contributed by atoms with Crippen molar-refractivity contribution < 1.29 is 4.74 Å². The fourth-order valence-corrected chi connectivity index (χ4v) is 2.39. The summed E-state index contributed by atoms with van der Waals surface area (Å²) in [6.07, 6.45) is 7.28. The Morgan fingerprint density at radius 1 is 1.21 bits per heavy atom. The Labute approximate surface area is 86.6 Å². The van der Waals surface area contributed by atoms with Crippen LogP contribution in [0.4, 0.5) is 0 Å². The van der Waals surface area contributed by atoms with Crippen molar-refractivity contribution >= 4 is 0 Å². The van der Waals surface area contributed by atoms with Crippen LogP contribution >= 0.6 is 0 Å². The molecule has 3 nitrogen and oxygen atoms in total. The van der Waals surface area contributed by atoms with Gasteiger partial charge in [-0.2, -0.15) is 0 Å². The van der Waals surface area contributed by atoms with E-state index in [9.17, 15) is 0 Å². The number of nitrogens with zero attached hydrogens (tertiary/aromatic N) is 1. The Morgan fingerprint density at radius 3 is 2.43 bits per heavy atom. The summed E-state index contributed by atoms with van der Waals surface area (Å²) in [5.74, 6) is 0. The molecule has 2 unspecified atom stereocenters. The van der Waals surface area contributed by atoms with Crippen LogP contribution in [0.5, 0.6) is 0 Å². The van der Waals surface area contributed by atoms with E-state index >= 15 is 0 Å². The molecule has 1 saturated heterocycles. The third-order valence-electron chi connectivity index (χ3n) is 3.65. The maximum atomic E-state index is 5.83. The largest absolute Gasteiger partial charge is 0.372 e. The maximum Gasteiger partial charge on any atom is 0.0707 e. The highest BCUT2D eigenvalue weighted by molar-refractivity contribution is 4.82. The number of likely N-dealkylation sites (N-methyl/N-ethyl adjacent to an activating group) is 1. The third kappa shape index (κ3) is 2.27. The number of ether oxygens (including phenoxy) is 1. The second-order valence-corrected chi connectivity index (χ2v) is 4.72. The van der Waals surface area contributed by atoms with E-state index in [0.717, 1.165) is 19.0 Å². The van der Waals surface area contributed by atoms with Crippen LogP contribution in [0.2, 0.25) is 0 Å². The number of rotatable bonds is 4. The van der Waals surface area contributed by atoms with Crippen molar-refractivity contribution in [2.45, 2.75) is 50.4 Å². The third-order valence-corrected chi connectivity index (χ3v) is 3.65. The lowest BCUT2D eigenvalue weighted by Gasteiger charge is -2.36. The Kier molecular flexibility index (Phi) is 3.42. The SMILES string of the molecule is CN(CC1CCC(CN)O1)C1CCC1. The van der Waals surface area contributed by atoms with Crippen LogP contribution in [0, 0.1) is 0 Å². The fourth-order valence-electron chi connectivity index (χ4n) is 2.39. The molecular formula is C11H22N2O. The normalized spacial score (nSPS) is 33.6. The van der Waals surface area contributed by atoms with E-state index in [-0.39, 0.29) is 0 Å². The molecular weight excluding hydrogens is 176 g/mol. The molecule has 3 heteroatoms. The summed E-state index contributed by atoms with van der Waals surface area (Å²) in [6.45, 7) is 1.78. The number of hydrogen-bond donors (Lipinski definition) is 1. The number of nitrogens with two attached hydrogens (primary N) is 1. The maximum absolute atomic E-state index is 5.83. The van der Waals surface area contributed by atoms with Crippen molar-refractivity contribution in [3.8, 4) is 0 Å². The molecule has 0 bridgehead atoms. The first kappa shape index (κ1) is 10.4. The van der Waals surface area contributed by atoms with Gasteiger partial charge in [-0.1, -0.05) is 6.42 Å². The zero-order valence-electron chi connectivity index (χ0n) is 9.11. The topological polar surface area (TPSA) is 38.5 Å². The van der Waals surface area contributed by atoms with E-state index < -0.39 is 0 Å². The van der Waals surface area contributed by atoms with Crippen molar-refractivity contribution in [3.63, 3.8) is 0 Å². The predicted molar refractivity (Wildman–Crippen MR) is 57.2 cm³/mol. The lowest BCUT2D eigenvalue weighted by Crippen LogP contribution is -2.41. The summed E-state index contributed by atoms with van der Waals surface area (Å²) in [5, 5.41) is 0. The van der Waals surface area contributed by atoms with Gasteiger partial charge in [0.25, 0.3) is 0 Å². The monoisotopic (exact) mass is 198 g/mol. The van der Waals surface area contributed by atoms with Crippen molar-refractivity contribution in [1.82, 2.24) is 4.90 Å². The average molecular weight is 198 g/mol. The fraction of sp³-hybridized carbons (Fsp3) is 1.00. The molecule has 2 fully saturated rings. The molecule has 0 aromatic carbocycles. The van der Waals surface area contributed by atoms with Crippen molar-refractivity contribution in [2.24, 2.45) is 5.73 Å². The van der Waals surface area contributed by atoms with Crippen molar-refractivity contribution in [3.05, 3.63) is 0 Å². The molecule has 1 aliphatic heterocycles. The molecule has 2 atom stereocenters. The van der Waals surface area contributed by atoms with Gasteiger partial charge in [-0.15, -0.1) is 0 Å². The summed E-state index contributed by atoms with van der Waals surface area (Å²) >= 11 is 0. The zero-order chi connectivity index (χ0) is 9.97. The van der Waals surface area contributed by atoms with Crippen LogP contribution in [-0.4, -0.2) is 43.3 Å². The second-order valence-electron chi connectivity index (χ2n) is 4.72. The van der Waals surface area contributed by atoms with E-state index in [0.29, 0.717) is 18.8 Å². The van der Waals surface area contributed by atoms with Gasteiger partial charge in [-0.05, 0) is 32.7 Å². The second kappa shape index (κ2) is 4.60. The standard InChI is InChI=1S/C11H22N2O/c1-13(9-3-2-4-9)8-11-6-5-10(7-12)14-11/h9-11H,2-8,12H2,1H3. The molecule has 1 heterocycles. The smallest absolute Gasteiger partial charge is 0.0707 e. The van der Waals surface area contributed by atoms with Crippen LogP contribution in [0.25, 0.3) is 0 Å². The van der Waals surface area contributed by atoms with Crippen molar-refractivity contribution in [2.75, 3.05) is 20.1 Å². The molecule has 82 valence electrons. The first-order valence-electron chi connectivity index (χ1n) is 5.85. The Balaban J connectivity index is 1.69. The van der Waals surface area contributed by atoms with Crippen molar-refractivity contribution in [1.29, 1.82) is 0 Å². The minimum Gasteiger partial charge on any atom is -0.372 e. The average Bonchev–Trinajstić information content (AvgIpc) is 2.48. The molecule has 0 aromatic heterocycles. The zero-order valence-corrected chi connectivity index (χ0v) is 9.11. The van der Waals surface area contributed by atoms with Gasteiger partial charge in [-0.3, -0.25) is 0 Å². The van der Waals surface area contributed by atoms with E-state index in [1.807, 2.05) is 0 Å². The molecule has 2 aliphatic rings. The minimum absolute atomic E-state index is 0.329. The molecule has 0 radical (unpaired) electrons. The highest BCUT2D eigenvalue weighted by atomic mass is 16.5. The molecule has 0 aromatic rings. The van der Waals surface area contributed by atoms with Crippen LogP contribution in [0.1, 0.15) is 32.1 Å². The van der Waals surface area contributed by atoms with Crippen LogP contribution in [-0.2, 0) is 4.74 Å². The van der Waals surface area contributed by atoms with Gasteiger partial charge >= 0.3 is 0 Å². The van der Waals surface area contributed by atoms with Gasteiger partial charge in [-0.25, -0.2) is 0 Å². The molecule has 2 rings (SSSR count). The van der Waals surface area contributed by atoms with Gasteiger partial charge in [0.15, 0.2) is 0 Å². The molecule has 1 aliphatic carbocycles. The lowest BCUT2D eigenvalue weighted by molar-refractivity contribution is 0.0156. The van der Waals surface area contributed by atoms with E-state index in [1.54, 1.807) is 0 Å².